The van der Waals surface area contributed by atoms with Crippen LogP contribution in [-0.2, 0) is 6.42 Å². The van der Waals surface area contributed by atoms with Crippen molar-refractivity contribution < 1.29 is 9.72 Å². The Bertz CT molecular complexity index is 1090. The van der Waals surface area contributed by atoms with Crippen LogP contribution in [0.3, 0.4) is 0 Å². The van der Waals surface area contributed by atoms with Gasteiger partial charge in [0.1, 0.15) is 5.82 Å². The minimum atomic E-state index is -0.478. The lowest BCUT2D eigenvalue weighted by Gasteiger charge is -2.34. The molecule has 0 spiro atoms. The van der Waals surface area contributed by atoms with Gasteiger partial charge in [0, 0.05) is 74.9 Å². The summed E-state index contributed by atoms with van der Waals surface area (Å²) in [4.78, 5) is 31.8. The highest BCUT2D eigenvalue weighted by atomic mass is 32.1. The van der Waals surface area contributed by atoms with Gasteiger partial charge in [-0.25, -0.2) is 4.98 Å². The molecule has 0 radical (unpaired) electrons. The summed E-state index contributed by atoms with van der Waals surface area (Å²) in [7, 11) is 0. The van der Waals surface area contributed by atoms with E-state index in [1.54, 1.807) is 0 Å². The van der Waals surface area contributed by atoms with E-state index in [0.717, 1.165) is 50.1 Å². The maximum atomic E-state index is 12.2. The number of non-ortho nitro benzene ring substituents is 1. The number of carbonyl (C=O) groups excluding carboxylic acids is 1. The number of carbonyl (C=O) groups is 1. The number of piperazine rings is 1. The molecule has 0 saturated carbocycles. The second-order valence-electron chi connectivity index (χ2n) is 8.04. The number of rotatable bonds is 8. The summed E-state index contributed by atoms with van der Waals surface area (Å²) in [6.45, 7) is 6.87. The largest absolute Gasteiger partial charge is 0.351 e. The lowest BCUT2D eigenvalue weighted by atomic mass is 10.1. The number of nitro groups is 1. The Morgan fingerprint density at radius 3 is 2.45 bits per heavy atom. The van der Waals surface area contributed by atoms with Crippen LogP contribution in [0.15, 0.2) is 48.5 Å². The Morgan fingerprint density at radius 1 is 1.09 bits per heavy atom. The van der Waals surface area contributed by atoms with Crippen molar-refractivity contribution in [1.82, 2.24) is 19.6 Å². The maximum Gasteiger partial charge on any atom is 0.269 e. The third-order valence-electron chi connectivity index (χ3n) is 5.64. The maximum absolute atomic E-state index is 12.2. The highest BCUT2D eigenvalue weighted by molar-refractivity contribution is 7.09. The van der Waals surface area contributed by atoms with E-state index in [9.17, 15) is 14.9 Å². The van der Waals surface area contributed by atoms with E-state index in [-0.39, 0.29) is 11.6 Å². The number of hydrogen-bond acceptors (Lipinski definition) is 8. The predicted molar refractivity (Wildman–Crippen MR) is 128 cm³/mol. The Kier molecular flexibility index (Phi) is 7.26. The number of hydrogen-bond donors (Lipinski definition) is 1. The van der Waals surface area contributed by atoms with Gasteiger partial charge in [-0.15, -0.1) is 0 Å². The number of aryl methyl sites for hydroxylation is 1. The van der Waals surface area contributed by atoms with Crippen LogP contribution in [0.1, 0.15) is 27.3 Å². The van der Waals surface area contributed by atoms with E-state index in [0.29, 0.717) is 12.1 Å². The summed E-state index contributed by atoms with van der Waals surface area (Å²) >= 11 is 1.45. The molecule has 1 aromatic heterocycles. The van der Waals surface area contributed by atoms with Gasteiger partial charge < -0.3 is 10.2 Å². The van der Waals surface area contributed by atoms with Crippen LogP contribution < -0.4 is 10.2 Å². The number of anilines is 1. The highest BCUT2D eigenvalue weighted by Crippen LogP contribution is 2.20. The minimum absolute atomic E-state index is 0.0258. The zero-order chi connectivity index (χ0) is 23.2. The third kappa shape index (κ3) is 6.11. The smallest absolute Gasteiger partial charge is 0.269 e. The van der Waals surface area contributed by atoms with Gasteiger partial charge in [0.15, 0.2) is 0 Å². The summed E-state index contributed by atoms with van der Waals surface area (Å²) in [5, 5.41) is 14.6. The molecule has 0 unspecified atom stereocenters. The first-order chi connectivity index (χ1) is 16.0. The van der Waals surface area contributed by atoms with E-state index < -0.39 is 4.92 Å². The summed E-state index contributed by atoms with van der Waals surface area (Å²) < 4.78 is 4.53. The van der Waals surface area contributed by atoms with E-state index in [2.05, 4.69) is 50.7 Å². The topological polar surface area (TPSA) is 105 Å². The lowest BCUT2D eigenvalue weighted by Crippen LogP contribution is -2.48. The Hall–Kier alpha value is -3.37. The zero-order valence-electron chi connectivity index (χ0n) is 18.4. The molecule has 0 bridgehead atoms. The molecule has 0 atom stereocenters. The van der Waals surface area contributed by atoms with Crippen LogP contribution in [-0.4, -0.2) is 64.4 Å². The summed E-state index contributed by atoms with van der Waals surface area (Å²) in [5.41, 5.74) is 2.85. The molecule has 172 valence electrons. The van der Waals surface area contributed by atoms with Gasteiger partial charge in [-0.1, -0.05) is 29.8 Å². The van der Waals surface area contributed by atoms with Crippen LogP contribution in [0.25, 0.3) is 0 Å². The fourth-order valence-corrected chi connectivity index (χ4v) is 4.40. The standard InChI is InChI=1S/C23H26N6O3S/c1-17-2-4-18(5-3-17)16-21-25-23(33-26-21)28-14-12-27(13-15-28)11-10-24-22(30)19-6-8-20(9-7-19)29(31)32/h2-9H,10-16H2,1H3,(H,24,30). The highest BCUT2D eigenvalue weighted by Gasteiger charge is 2.20. The SMILES string of the molecule is Cc1ccc(Cc2nsc(N3CCN(CCNC(=O)c4ccc([N+](=O)[O-])cc4)CC3)n2)cc1. The van der Waals surface area contributed by atoms with Crippen molar-refractivity contribution >= 4 is 28.3 Å². The van der Waals surface area contributed by atoms with Crippen LogP contribution in [0, 0.1) is 17.0 Å². The van der Waals surface area contributed by atoms with E-state index in [1.807, 2.05) is 0 Å². The van der Waals surface area contributed by atoms with E-state index in [4.69, 9.17) is 4.98 Å². The van der Waals surface area contributed by atoms with Crippen LogP contribution in [0.2, 0.25) is 0 Å². The van der Waals surface area contributed by atoms with Crippen molar-refractivity contribution in [3.05, 3.63) is 81.2 Å². The molecule has 2 heterocycles. The lowest BCUT2D eigenvalue weighted by molar-refractivity contribution is -0.384. The van der Waals surface area contributed by atoms with Crippen molar-refractivity contribution in [3.63, 3.8) is 0 Å². The average molecular weight is 467 g/mol. The van der Waals surface area contributed by atoms with Gasteiger partial charge in [0.2, 0.25) is 5.13 Å². The second kappa shape index (κ2) is 10.5. The molecule has 9 nitrogen and oxygen atoms in total. The Labute approximate surface area is 196 Å². The quantitative estimate of drug-likeness (QED) is 0.402. The van der Waals surface area contributed by atoms with Crippen molar-refractivity contribution in [3.8, 4) is 0 Å². The second-order valence-corrected chi connectivity index (χ2v) is 8.77. The molecule has 10 heteroatoms. The number of aromatic nitrogens is 2. The predicted octanol–water partition coefficient (Wildman–Crippen LogP) is 2.90. The van der Waals surface area contributed by atoms with Crippen molar-refractivity contribution in [1.29, 1.82) is 0 Å². The molecule has 1 N–H and O–H groups in total. The molecule has 1 fully saturated rings. The molecule has 0 aliphatic carbocycles. The first-order valence-electron chi connectivity index (χ1n) is 10.9. The van der Waals surface area contributed by atoms with Gasteiger partial charge in [-0.2, -0.15) is 4.37 Å². The molecule has 33 heavy (non-hydrogen) atoms. The van der Waals surface area contributed by atoms with E-state index in [1.165, 1.54) is 46.9 Å². The number of nitrogens with zero attached hydrogens (tertiary/aromatic N) is 5. The summed E-state index contributed by atoms with van der Waals surface area (Å²) in [6, 6.07) is 14.1. The monoisotopic (exact) mass is 466 g/mol. The van der Waals surface area contributed by atoms with Crippen molar-refractivity contribution in [2.45, 2.75) is 13.3 Å². The number of nitro benzene ring substituents is 1. The Balaban J connectivity index is 1.19. The average Bonchev–Trinajstić information content (AvgIpc) is 3.29. The van der Waals surface area contributed by atoms with Gasteiger partial charge in [0.25, 0.3) is 11.6 Å². The van der Waals surface area contributed by atoms with Crippen LogP contribution in [0.4, 0.5) is 10.8 Å². The first kappa shape index (κ1) is 22.8. The molecule has 1 amide bonds. The number of nitrogens with one attached hydrogen (secondary N) is 1. The van der Waals surface area contributed by atoms with Gasteiger partial charge >= 0.3 is 0 Å². The van der Waals surface area contributed by atoms with Crippen LogP contribution >= 0.6 is 11.5 Å². The summed E-state index contributed by atoms with van der Waals surface area (Å²) in [5.74, 6) is 0.633. The molecule has 2 aromatic carbocycles. The molecule has 1 aliphatic rings. The number of amides is 1. The normalized spacial score (nSPS) is 14.3. The Morgan fingerprint density at radius 2 is 1.79 bits per heavy atom. The molecule has 1 saturated heterocycles. The first-order valence-corrected chi connectivity index (χ1v) is 11.6. The molecule has 4 rings (SSSR count). The van der Waals surface area contributed by atoms with Gasteiger partial charge in [-0.05, 0) is 24.6 Å². The van der Waals surface area contributed by atoms with E-state index >= 15 is 0 Å². The van der Waals surface area contributed by atoms with Gasteiger partial charge in [0.05, 0.1) is 4.92 Å². The summed E-state index contributed by atoms with van der Waals surface area (Å²) in [6.07, 6.45) is 0.741. The van der Waals surface area contributed by atoms with Gasteiger partial charge in [-0.3, -0.25) is 19.8 Å². The van der Waals surface area contributed by atoms with Crippen molar-refractivity contribution in [2.75, 3.05) is 44.2 Å². The fraction of sp³-hybridized carbons (Fsp3) is 0.348. The number of benzene rings is 2. The fourth-order valence-electron chi connectivity index (χ4n) is 3.66. The molecular weight excluding hydrogens is 440 g/mol. The zero-order valence-corrected chi connectivity index (χ0v) is 19.3. The molecule has 1 aliphatic heterocycles. The molecular formula is C23H26N6O3S. The third-order valence-corrected chi connectivity index (χ3v) is 6.45. The van der Waals surface area contributed by atoms with Crippen LogP contribution in [0.5, 0.6) is 0 Å². The minimum Gasteiger partial charge on any atom is -0.351 e. The molecule has 3 aromatic rings. The van der Waals surface area contributed by atoms with Crippen molar-refractivity contribution in [2.24, 2.45) is 0 Å².